The Hall–Kier alpha value is -1.98. The predicted octanol–water partition coefficient (Wildman–Crippen LogP) is 5.38. The van der Waals surface area contributed by atoms with Crippen LogP contribution in [0.5, 0.6) is 0 Å². The van der Waals surface area contributed by atoms with Crippen LogP contribution in [0.25, 0.3) is 11.1 Å². The van der Waals surface area contributed by atoms with Crippen molar-refractivity contribution in [3.8, 4) is 11.1 Å². The summed E-state index contributed by atoms with van der Waals surface area (Å²) >= 11 is 0. The third-order valence-electron chi connectivity index (χ3n) is 4.19. The Bertz CT molecular complexity index is 996. The van der Waals surface area contributed by atoms with Crippen molar-refractivity contribution < 1.29 is 0 Å². The van der Waals surface area contributed by atoms with Crippen LogP contribution in [0.1, 0.15) is 30.0 Å². The number of aryl methyl sites for hydroxylation is 2. The molecule has 1 N–H and O–H groups in total. The first-order valence-corrected chi connectivity index (χ1v) is 10.1. The highest BCUT2D eigenvalue weighted by atomic mass is 32.9. The summed E-state index contributed by atoms with van der Waals surface area (Å²) in [4.78, 5) is 10.7. The van der Waals surface area contributed by atoms with Gasteiger partial charge in [-0.2, -0.15) is 0 Å². The Morgan fingerprint density at radius 2 is 1.92 bits per heavy atom. The van der Waals surface area contributed by atoms with Gasteiger partial charge in [0.1, 0.15) is 4.67 Å². The van der Waals surface area contributed by atoms with E-state index in [0.717, 1.165) is 16.2 Å². The Labute approximate surface area is 149 Å². The molecule has 0 aliphatic carbocycles. The number of nitrogens with one attached hydrogen (secondary N) is 1. The number of hydrogen-bond acceptors (Lipinski definition) is 5. The van der Waals surface area contributed by atoms with E-state index in [4.69, 9.17) is 4.99 Å². The lowest BCUT2D eigenvalue weighted by molar-refractivity contribution is 0.619. The van der Waals surface area contributed by atoms with Gasteiger partial charge in [0, 0.05) is 22.5 Å². The largest absolute Gasteiger partial charge is 0.375 e. The summed E-state index contributed by atoms with van der Waals surface area (Å²) in [5.74, 6) is 0.775. The Morgan fingerprint density at radius 1 is 1.08 bits per heavy atom. The van der Waals surface area contributed by atoms with Crippen molar-refractivity contribution in [2.75, 3.05) is 5.32 Å². The zero-order valence-electron chi connectivity index (χ0n) is 14.2. The minimum atomic E-state index is -0.0907. The van der Waals surface area contributed by atoms with Crippen LogP contribution in [-0.4, -0.2) is 4.98 Å². The monoisotopic (exact) mass is 353 g/mol. The zero-order valence-corrected chi connectivity index (χ0v) is 15.8. The lowest BCUT2D eigenvalue weighted by atomic mass is 9.89. The van der Waals surface area contributed by atoms with Crippen LogP contribution in [-0.2, 0) is 5.54 Å². The molecule has 0 fully saturated rings. The average molecular weight is 354 g/mol. The fourth-order valence-corrected chi connectivity index (χ4v) is 5.98. The summed E-state index contributed by atoms with van der Waals surface area (Å²) in [5.41, 5.74) is 5.84. The normalized spacial score (nSPS) is 15.6. The molecule has 122 valence electrons. The third kappa shape index (κ3) is 2.58. The Kier molecular flexibility index (Phi) is 3.58. The molecule has 0 radical (unpaired) electrons. The fraction of sp³-hybridized carbons (Fsp3) is 0.263. The highest BCUT2D eigenvalue weighted by molar-refractivity contribution is 7.68. The summed E-state index contributed by atoms with van der Waals surface area (Å²) in [6.07, 6.45) is 0. The van der Waals surface area contributed by atoms with E-state index in [0.29, 0.717) is 0 Å². The smallest absolute Gasteiger partial charge is 0.153 e. The first-order chi connectivity index (χ1) is 11.4. The number of benzene rings is 1. The lowest BCUT2D eigenvalue weighted by Crippen LogP contribution is -2.31. The molecule has 3 nitrogen and oxygen atoms in total. The zero-order chi connectivity index (χ0) is 16.9. The van der Waals surface area contributed by atoms with Crippen LogP contribution in [0.15, 0.2) is 41.4 Å². The molecule has 3 aromatic rings. The Morgan fingerprint density at radius 3 is 2.71 bits per heavy atom. The first-order valence-electron chi connectivity index (χ1n) is 7.95. The Balaban J connectivity index is 2.00. The summed E-state index contributed by atoms with van der Waals surface area (Å²) < 4.78 is 1.05. The van der Waals surface area contributed by atoms with Crippen LogP contribution in [0.3, 0.4) is 0 Å². The van der Waals surface area contributed by atoms with E-state index < -0.39 is 0 Å². The molecule has 5 heteroatoms. The van der Waals surface area contributed by atoms with Gasteiger partial charge in [0.05, 0.1) is 10.4 Å². The molecule has 24 heavy (non-hydrogen) atoms. The maximum atomic E-state index is 4.86. The average Bonchev–Trinajstić information content (AvgIpc) is 2.93. The maximum absolute atomic E-state index is 4.86. The lowest BCUT2D eigenvalue weighted by Gasteiger charge is -2.33. The summed E-state index contributed by atoms with van der Waals surface area (Å²) in [5, 5.41) is 3.67. The maximum Gasteiger partial charge on any atom is 0.153 e. The van der Waals surface area contributed by atoms with Gasteiger partial charge >= 0.3 is 0 Å². The topological polar surface area (TPSA) is 37.3 Å². The standard InChI is InChI=1S/C19H19N3S2/c1-11-8-9-14-13(10-11)16-17(19(3,4)22-14)23-24-18(16)21-15-7-5-6-12(2)20-15/h5-10,22H,1-4H3/b21-18+. The van der Waals surface area contributed by atoms with Crippen molar-refractivity contribution in [3.63, 3.8) is 0 Å². The quantitative estimate of drug-likeness (QED) is 0.596. The summed E-state index contributed by atoms with van der Waals surface area (Å²) in [6.45, 7) is 8.59. The van der Waals surface area contributed by atoms with E-state index in [-0.39, 0.29) is 5.54 Å². The molecule has 0 unspecified atom stereocenters. The molecule has 0 saturated carbocycles. The molecule has 3 heterocycles. The molecule has 0 bridgehead atoms. The predicted molar refractivity (Wildman–Crippen MR) is 103 cm³/mol. The van der Waals surface area contributed by atoms with E-state index in [1.54, 1.807) is 10.3 Å². The van der Waals surface area contributed by atoms with E-state index >= 15 is 0 Å². The molecule has 0 atom stereocenters. The van der Waals surface area contributed by atoms with Crippen molar-refractivity contribution >= 4 is 32.2 Å². The first kappa shape index (κ1) is 15.5. The fourth-order valence-electron chi connectivity index (χ4n) is 3.05. The SMILES string of the molecule is Cc1ccc2c(c1)-c1c(ss/c1=N/c1cccc(C)n1)C(C)(C)N2. The number of pyridine rings is 1. The number of rotatable bonds is 1. The minimum absolute atomic E-state index is 0.0907. The van der Waals surface area contributed by atoms with Crippen molar-refractivity contribution in [2.45, 2.75) is 33.2 Å². The van der Waals surface area contributed by atoms with Crippen LogP contribution < -0.4 is 9.99 Å². The van der Waals surface area contributed by atoms with E-state index in [9.17, 15) is 0 Å². The molecule has 1 aliphatic rings. The second-order valence-corrected chi connectivity index (χ2v) is 8.85. The second-order valence-electron chi connectivity index (χ2n) is 6.72. The molecule has 1 aliphatic heterocycles. The summed E-state index contributed by atoms with van der Waals surface area (Å²) in [7, 11) is 3.54. The van der Waals surface area contributed by atoms with Gasteiger partial charge in [-0.1, -0.05) is 38.4 Å². The van der Waals surface area contributed by atoms with Gasteiger partial charge in [0.15, 0.2) is 5.82 Å². The molecular formula is C19H19N3S2. The van der Waals surface area contributed by atoms with Gasteiger partial charge in [-0.15, -0.1) is 0 Å². The second kappa shape index (κ2) is 5.53. The van der Waals surface area contributed by atoms with E-state index in [1.807, 2.05) is 35.5 Å². The van der Waals surface area contributed by atoms with Gasteiger partial charge < -0.3 is 5.32 Å². The van der Waals surface area contributed by atoms with Gasteiger partial charge in [-0.25, -0.2) is 9.98 Å². The van der Waals surface area contributed by atoms with Crippen LogP contribution in [0, 0.1) is 13.8 Å². The number of hydrogen-bond donors (Lipinski definition) is 1. The van der Waals surface area contributed by atoms with Crippen molar-refractivity contribution in [3.05, 3.63) is 57.2 Å². The van der Waals surface area contributed by atoms with Crippen LogP contribution in [0.2, 0.25) is 0 Å². The number of fused-ring (bicyclic) bond motifs is 3. The number of nitrogens with zero attached hydrogens (tertiary/aromatic N) is 2. The molecule has 0 amide bonds. The van der Waals surface area contributed by atoms with E-state index in [1.165, 1.54) is 27.3 Å². The highest BCUT2D eigenvalue weighted by Gasteiger charge is 2.33. The van der Waals surface area contributed by atoms with Gasteiger partial charge in [0.2, 0.25) is 0 Å². The van der Waals surface area contributed by atoms with Gasteiger partial charge in [-0.05, 0) is 52.0 Å². The van der Waals surface area contributed by atoms with Gasteiger partial charge in [0.25, 0.3) is 0 Å². The van der Waals surface area contributed by atoms with Crippen LogP contribution >= 0.6 is 20.7 Å². The van der Waals surface area contributed by atoms with Gasteiger partial charge in [-0.3, -0.25) is 0 Å². The third-order valence-corrected chi connectivity index (χ3v) is 6.84. The van der Waals surface area contributed by atoms with Crippen molar-refractivity contribution in [1.82, 2.24) is 4.98 Å². The molecular weight excluding hydrogens is 334 g/mol. The highest BCUT2D eigenvalue weighted by Crippen LogP contribution is 2.45. The van der Waals surface area contributed by atoms with Crippen molar-refractivity contribution in [1.29, 1.82) is 0 Å². The van der Waals surface area contributed by atoms with Crippen LogP contribution in [0.4, 0.5) is 11.5 Å². The van der Waals surface area contributed by atoms with E-state index in [2.05, 4.69) is 49.3 Å². The van der Waals surface area contributed by atoms with Crippen molar-refractivity contribution in [2.24, 2.45) is 4.99 Å². The number of anilines is 1. The molecule has 2 aromatic heterocycles. The molecule has 4 rings (SSSR count). The number of aromatic nitrogens is 1. The molecule has 0 saturated heterocycles. The minimum Gasteiger partial charge on any atom is -0.375 e. The summed E-state index contributed by atoms with van der Waals surface area (Å²) in [6, 6.07) is 12.5. The molecule has 0 spiro atoms. The molecule has 1 aromatic carbocycles.